The minimum absolute atomic E-state index is 0.711. The monoisotopic (exact) mass is 345 g/mol. The number of nitrogens with one attached hydrogen (secondary N) is 1. The second-order valence-electron chi connectivity index (χ2n) is 6.05. The number of nitrogens with zero attached hydrogens (tertiary/aromatic N) is 4. The fourth-order valence-electron chi connectivity index (χ4n) is 2.95. The van der Waals surface area contributed by atoms with E-state index in [1.165, 1.54) is 0 Å². The first-order chi connectivity index (χ1) is 12.7. The molecule has 0 saturated heterocycles. The molecule has 0 aliphatic rings. The molecule has 0 bridgehead atoms. The molecule has 6 nitrogen and oxygen atoms in total. The molecule has 0 saturated carbocycles. The van der Waals surface area contributed by atoms with E-state index in [0.29, 0.717) is 11.6 Å². The average Bonchev–Trinajstić information content (AvgIpc) is 3.27. The maximum atomic E-state index is 5.56. The molecule has 0 spiro atoms. The number of H-pyrrole nitrogens is 1. The number of hydrogen-bond acceptors (Lipinski definition) is 4. The second kappa shape index (κ2) is 6.48. The molecule has 0 unspecified atom stereocenters. The Morgan fingerprint density at radius 2 is 1.81 bits per heavy atom. The summed E-state index contributed by atoms with van der Waals surface area (Å²) in [4.78, 5) is 12.3. The molecule has 130 valence electrons. The number of ether oxygens (including phenoxy) is 1. The predicted octanol–water partition coefficient (Wildman–Crippen LogP) is 3.95. The van der Waals surface area contributed by atoms with Gasteiger partial charge >= 0.3 is 0 Å². The maximum absolute atomic E-state index is 5.56. The van der Waals surface area contributed by atoms with Gasteiger partial charge in [0.1, 0.15) is 29.4 Å². The Bertz CT molecular complexity index is 1050. The molecule has 0 aliphatic carbocycles. The Hall–Kier alpha value is -3.41. The highest BCUT2D eigenvalue weighted by Gasteiger charge is 2.14. The summed E-state index contributed by atoms with van der Waals surface area (Å²) in [5.41, 5.74) is 4.86. The van der Waals surface area contributed by atoms with E-state index in [9.17, 15) is 0 Å². The molecular weight excluding hydrogens is 326 g/mol. The summed E-state index contributed by atoms with van der Waals surface area (Å²) >= 11 is 0. The number of methoxy groups -OCH3 is 1. The van der Waals surface area contributed by atoms with Gasteiger partial charge in [0.05, 0.1) is 12.8 Å². The van der Waals surface area contributed by atoms with Gasteiger partial charge in [-0.15, -0.1) is 0 Å². The predicted molar refractivity (Wildman–Crippen MR) is 100 cm³/mol. The van der Waals surface area contributed by atoms with Gasteiger partial charge in [0, 0.05) is 16.8 Å². The van der Waals surface area contributed by atoms with Crippen LogP contribution in [0.2, 0.25) is 0 Å². The Balaban J connectivity index is 1.75. The third-order valence-electron chi connectivity index (χ3n) is 4.24. The summed E-state index contributed by atoms with van der Waals surface area (Å²) in [7, 11) is 1.65. The van der Waals surface area contributed by atoms with Crippen molar-refractivity contribution in [3.8, 4) is 34.1 Å². The average molecular weight is 345 g/mol. The first-order valence-corrected chi connectivity index (χ1v) is 8.35. The molecule has 6 heteroatoms. The SMILES string of the molecule is COc1cc(-c2nc(-c3ccccc3)c(C)[nH]2)ccc1-n1cnc(C)n1. The lowest BCUT2D eigenvalue weighted by Crippen LogP contribution is -1.99. The van der Waals surface area contributed by atoms with Crippen molar-refractivity contribution >= 4 is 0 Å². The highest BCUT2D eigenvalue weighted by Crippen LogP contribution is 2.30. The minimum Gasteiger partial charge on any atom is -0.494 e. The van der Waals surface area contributed by atoms with Crippen LogP contribution in [0.25, 0.3) is 28.3 Å². The van der Waals surface area contributed by atoms with Crippen molar-refractivity contribution in [3.05, 3.63) is 66.4 Å². The zero-order valence-corrected chi connectivity index (χ0v) is 14.9. The van der Waals surface area contributed by atoms with Crippen molar-refractivity contribution in [1.29, 1.82) is 0 Å². The summed E-state index contributed by atoms with van der Waals surface area (Å²) in [6.45, 7) is 3.89. The Kier molecular flexibility index (Phi) is 4.01. The van der Waals surface area contributed by atoms with Gasteiger partial charge in [0.15, 0.2) is 0 Å². The summed E-state index contributed by atoms with van der Waals surface area (Å²) in [5.74, 6) is 2.23. The van der Waals surface area contributed by atoms with Crippen molar-refractivity contribution in [2.75, 3.05) is 7.11 Å². The summed E-state index contributed by atoms with van der Waals surface area (Å²) < 4.78 is 7.27. The van der Waals surface area contributed by atoms with Crippen LogP contribution in [-0.2, 0) is 0 Å². The van der Waals surface area contributed by atoms with E-state index < -0.39 is 0 Å². The van der Waals surface area contributed by atoms with Crippen LogP contribution in [0.3, 0.4) is 0 Å². The Labute approximate surface area is 151 Å². The van der Waals surface area contributed by atoms with Crippen molar-refractivity contribution in [1.82, 2.24) is 24.7 Å². The van der Waals surface area contributed by atoms with Gasteiger partial charge in [0.2, 0.25) is 0 Å². The van der Waals surface area contributed by atoms with Crippen molar-refractivity contribution in [2.45, 2.75) is 13.8 Å². The fraction of sp³-hybridized carbons (Fsp3) is 0.150. The molecule has 0 fully saturated rings. The molecule has 2 aromatic heterocycles. The molecule has 26 heavy (non-hydrogen) atoms. The molecule has 4 aromatic rings. The van der Waals surface area contributed by atoms with Crippen LogP contribution in [0, 0.1) is 13.8 Å². The van der Waals surface area contributed by atoms with Gasteiger partial charge in [-0.25, -0.2) is 14.6 Å². The zero-order valence-electron chi connectivity index (χ0n) is 14.9. The molecule has 0 amide bonds. The van der Waals surface area contributed by atoms with Crippen LogP contribution in [0.1, 0.15) is 11.5 Å². The largest absolute Gasteiger partial charge is 0.494 e. The molecule has 2 aromatic carbocycles. The van der Waals surface area contributed by atoms with Crippen LogP contribution in [0.5, 0.6) is 5.75 Å². The Morgan fingerprint density at radius 1 is 1.00 bits per heavy atom. The van der Waals surface area contributed by atoms with E-state index in [1.54, 1.807) is 18.1 Å². The number of hydrogen-bond donors (Lipinski definition) is 1. The smallest absolute Gasteiger partial charge is 0.147 e. The van der Waals surface area contributed by atoms with Crippen molar-refractivity contribution in [2.24, 2.45) is 0 Å². The van der Waals surface area contributed by atoms with Crippen LogP contribution >= 0.6 is 0 Å². The van der Waals surface area contributed by atoms with E-state index >= 15 is 0 Å². The van der Waals surface area contributed by atoms with Gasteiger partial charge in [-0.3, -0.25) is 0 Å². The zero-order chi connectivity index (χ0) is 18.1. The van der Waals surface area contributed by atoms with E-state index in [-0.39, 0.29) is 0 Å². The first-order valence-electron chi connectivity index (χ1n) is 8.35. The standard InChI is InChI=1S/C20H19N5O/c1-13-19(15-7-5-4-6-8-15)23-20(22-13)16-9-10-17(18(11-16)26-3)25-12-21-14(2)24-25/h4-12H,1-3H3,(H,22,23). The number of aryl methyl sites for hydroxylation is 2. The third kappa shape index (κ3) is 2.86. The maximum Gasteiger partial charge on any atom is 0.147 e. The van der Waals surface area contributed by atoms with Gasteiger partial charge in [-0.2, -0.15) is 5.10 Å². The molecule has 0 radical (unpaired) electrons. The third-order valence-corrected chi connectivity index (χ3v) is 4.24. The van der Waals surface area contributed by atoms with Gasteiger partial charge in [0.25, 0.3) is 0 Å². The number of benzene rings is 2. The first kappa shape index (κ1) is 16.1. The Morgan fingerprint density at radius 3 is 2.50 bits per heavy atom. The summed E-state index contributed by atoms with van der Waals surface area (Å²) in [6.07, 6.45) is 1.68. The number of rotatable bonds is 4. The number of aromatic nitrogens is 5. The lowest BCUT2D eigenvalue weighted by molar-refractivity contribution is 0.412. The van der Waals surface area contributed by atoms with Crippen molar-refractivity contribution in [3.63, 3.8) is 0 Å². The van der Waals surface area contributed by atoms with E-state index in [4.69, 9.17) is 9.72 Å². The normalized spacial score (nSPS) is 10.9. The highest BCUT2D eigenvalue weighted by molar-refractivity contribution is 5.69. The molecule has 1 N–H and O–H groups in total. The fourth-order valence-corrected chi connectivity index (χ4v) is 2.95. The minimum atomic E-state index is 0.711. The summed E-state index contributed by atoms with van der Waals surface area (Å²) in [6, 6.07) is 16.1. The highest BCUT2D eigenvalue weighted by atomic mass is 16.5. The number of aromatic amines is 1. The molecular formula is C20H19N5O. The van der Waals surface area contributed by atoms with Crippen LogP contribution in [0.4, 0.5) is 0 Å². The van der Waals surface area contributed by atoms with E-state index in [0.717, 1.165) is 34.0 Å². The molecule has 2 heterocycles. The van der Waals surface area contributed by atoms with Gasteiger partial charge in [-0.1, -0.05) is 30.3 Å². The van der Waals surface area contributed by atoms with Crippen LogP contribution in [0.15, 0.2) is 54.9 Å². The quantitative estimate of drug-likeness (QED) is 0.608. The van der Waals surface area contributed by atoms with Crippen LogP contribution in [-0.4, -0.2) is 31.8 Å². The second-order valence-corrected chi connectivity index (χ2v) is 6.05. The number of imidazole rings is 1. The lowest BCUT2D eigenvalue weighted by Gasteiger charge is -2.09. The van der Waals surface area contributed by atoms with Gasteiger partial charge < -0.3 is 9.72 Å². The summed E-state index contributed by atoms with van der Waals surface area (Å²) in [5, 5.41) is 4.35. The molecule has 0 atom stereocenters. The molecule has 0 aliphatic heterocycles. The topological polar surface area (TPSA) is 68.6 Å². The van der Waals surface area contributed by atoms with E-state index in [2.05, 4.69) is 27.2 Å². The molecule has 4 rings (SSSR count). The van der Waals surface area contributed by atoms with Crippen molar-refractivity contribution < 1.29 is 4.74 Å². The lowest BCUT2D eigenvalue weighted by atomic mass is 10.1. The van der Waals surface area contributed by atoms with Crippen LogP contribution < -0.4 is 4.74 Å². The van der Waals surface area contributed by atoms with E-state index in [1.807, 2.05) is 50.2 Å². The van der Waals surface area contributed by atoms with Gasteiger partial charge in [-0.05, 0) is 32.0 Å².